The third-order valence-corrected chi connectivity index (χ3v) is 23.5. The summed E-state index contributed by atoms with van der Waals surface area (Å²) in [6, 6.07) is 85.5. The van der Waals surface area contributed by atoms with Gasteiger partial charge in [0.2, 0.25) is 11.4 Å². The molecule has 0 aliphatic carbocycles. The van der Waals surface area contributed by atoms with Crippen LogP contribution < -0.4 is 5.46 Å². The third kappa shape index (κ3) is 10.3. The van der Waals surface area contributed by atoms with E-state index in [1.807, 2.05) is 119 Å². The van der Waals surface area contributed by atoms with Gasteiger partial charge in [0, 0.05) is 70.2 Å². The number of halogens is 1. The molecule has 8 aromatic heterocycles. The molecule has 1 saturated heterocycles. The van der Waals surface area contributed by atoms with Crippen LogP contribution in [0.25, 0.3) is 220 Å². The minimum absolute atomic E-state index is 0.134. The van der Waals surface area contributed by atoms with Gasteiger partial charge in [-0.2, -0.15) is 9.97 Å². The largest absolute Gasteiger partial charge is 0.494 e. The van der Waals surface area contributed by atoms with Gasteiger partial charge in [-0.3, -0.25) is 9.13 Å². The molecule has 0 unspecified atom stereocenters. The van der Waals surface area contributed by atoms with Crippen molar-refractivity contribution in [2.75, 3.05) is 0 Å². The Bertz CT molecular complexity index is 8800. The zero-order chi connectivity index (χ0) is 85.9. The van der Waals surface area contributed by atoms with E-state index in [4.69, 9.17) is 72.2 Å². The molecule has 14 heteroatoms. The first-order valence-corrected chi connectivity index (χ1v) is 38.6. The monoisotopic (exact) mass is 1530 g/mol. The summed E-state index contributed by atoms with van der Waals surface area (Å²) >= 11 is 7.01. The summed E-state index contributed by atoms with van der Waals surface area (Å²) in [4.78, 5) is 20.5. The summed E-state index contributed by atoms with van der Waals surface area (Å²) in [6.07, 6.45) is 0. The number of fused-ring (bicyclic) bond motifs is 30. The minimum Gasteiger partial charge on any atom is -0.453 e. The molecule has 0 radical (unpaired) electrons. The molecule has 16 aromatic carbocycles. The Labute approximate surface area is 681 Å². The molecule has 12 nitrogen and oxygen atoms in total. The number of hydrogen-bond donors (Lipinski definition) is 0. The molecular formula is C102H66BClN6O6. The highest BCUT2D eigenvalue weighted by Crippen LogP contribution is 2.51. The number of hydrogen-bond acceptors (Lipinski definition) is 10. The number of rotatable bonds is 6. The van der Waals surface area contributed by atoms with Crippen molar-refractivity contribution in [2.45, 2.75) is 38.9 Å². The number of furan rings is 4. The second-order valence-corrected chi connectivity index (χ2v) is 30.6. The second kappa shape index (κ2) is 25.9. The van der Waals surface area contributed by atoms with Crippen LogP contribution >= 0.6 is 11.6 Å². The average molecular weight is 1530 g/mol. The van der Waals surface area contributed by atoms with Crippen molar-refractivity contribution < 1.29 is 40.7 Å². The lowest BCUT2D eigenvalue weighted by Gasteiger charge is -2.32. The first-order valence-electron chi connectivity index (χ1n) is 43.2. The zero-order valence-corrected chi connectivity index (χ0v) is 63.2. The lowest BCUT2D eigenvalue weighted by molar-refractivity contribution is 0.00578. The molecule has 550 valence electrons. The van der Waals surface area contributed by atoms with Gasteiger partial charge in [0.1, 0.15) is 39.1 Å². The normalized spacial score (nSPS) is 14.8. The molecule has 1 aliphatic heterocycles. The minimum atomic E-state index is -0.505. The van der Waals surface area contributed by atoms with E-state index < -0.39 is 30.4 Å². The molecule has 0 bridgehead atoms. The van der Waals surface area contributed by atoms with Gasteiger partial charge in [-0.15, -0.1) is 0 Å². The third-order valence-electron chi connectivity index (χ3n) is 23.2. The summed E-state index contributed by atoms with van der Waals surface area (Å²) in [5, 5.41) is 19.2. The first kappa shape index (κ1) is 57.8. The quantitative estimate of drug-likeness (QED) is 0.148. The smallest absolute Gasteiger partial charge is 0.453 e. The fourth-order valence-electron chi connectivity index (χ4n) is 17.1. The lowest BCUT2D eigenvalue weighted by atomic mass is 9.78. The maximum atomic E-state index is 8.61. The van der Waals surface area contributed by atoms with Crippen LogP contribution in [0.5, 0.6) is 0 Å². The SMILES string of the molecule is Clc1nc2c(nc1-n1c3ccccc3c3c4ccccc4c4c5ccc6ccccc6c5oc4c31)oc1ccccc12.[2H]c1c([2H])c([2H])c(-c2ccc(-c3nc4c(nc3-n3c5ccccc5c5c6ccccc6c6c7ccc8ccccc8c7oc6c53)oc3ccccc34)cc2)c([2H])c1[2H].[2H]c1c([2H])c([2H])c(-c2ccc(B3OC(C)(C)C(C)(C)O3)cc2)c([2H])c1[2H]. The van der Waals surface area contributed by atoms with Gasteiger partial charge in [-0.25, -0.2) is 9.97 Å². The van der Waals surface area contributed by atoms with Crippen molar-refractivity contribution in [3.05, 3.63) is 332 Å². The van der Waals surface area contributed by atoms with Crippen molar-refractivity contribution in [2.24, 2.45) is 0 Å². The van der Waals surface area contributed by atoms with Crippen molar-refractivity contribution in [1.82, 2.24) is 29.1 Å². The lowest BCUT2D eigenvalue weighted by Crippen LogP contribution is -2.41. The Hall–Kier alpha value is -14.2. The van der Waals surface area contributed by atoms with E-state index in [0.717, 1.165) is 152 Å². The summed E-state index contributed by atoms with van der Waals surface area (Å²) in [5.74, 6) is 1.02. The Kier molecular flexibility index (Phi) is 12.9. The Morgan fingerprint density at radius 1 is 0.319 bits per heavy atom. The van der Waals surface area contributed by atoms with Crippen molar-refractivity contribution in [3.8, 4) is 45.1 Å². The van der Waals surface area contributed by atoms with Crippen LogP contribution in [0, 0.1) is 0 Å². The summed E-state index contributed by atoms with van der Waals surface area (Å²) < 4.78 is 124. The highest BCUT2D eigenvalue weighted by Gasteiger charge is 2.51. The van der Waals surface area contributed by atoms with Crippen LogP contribution in [0.3, 0.4) is 0 Å². The van der Waals surface area contributed by atoms with Gasteiger partial charge >= 0.3 is 7.12 Å². The second-order valence-electron chi connectivity index (χ2n) is 30.2. The van der Waals surface area contributed by atoms with Crippen LogP contribution in [0.4, 0.5) is 0 Å². The maximum Gasteiger partial charge on any atom is 0.494 e. The number of benzene rings is 16. The van der Waals surface area contributed by atoms with Gasteiger partial charge in [0.25, 0.3) is 0 Å². The molecule has 1 fully saturated rings. The van der Waals surface area contributed by atoms with E-state index in [1.54, 1.807) is 36.4 Å². The fourth-order valence-corrected chi connectivity index (χ4v) is 17.3. The van der Waals surface area contributed by atoms with E-state index in [0.29, 0.717) is 67.2 Å². The average Bonchev–Trinajstić information content (AvgIpc) is 1.53. The van der Waals surface area contributed by atoms with Crippen molar-refractivity contribution >= 4 is 199 Å². The number of nitrogens with zero attached hydrogens (tertiary/aromatic N) is 6. The van der Waals surface area contributed by atoms with E-state index in [1.165, 1.54) is 0 Å². The van der Waals surface area contributed by atoms with E-state index >= 15 is 0 Å². The standard InChI is InChI=1S/C48H27N3O2.C36H18ClN3O2.C18H21BO2/c1-2-12-28(13-3-1)29-22-24-31(25-23-29)42-47(50-48-43(49-42)36-19-9-11-21-39(36)52-48)51-38-20-10-8-18-35(38)40-33-16-6-7-17-34(33)41-37-27-26-30-14-4-5-15-32(30)45(37)53-46(41)44(40)51;37-34-35(39-36-30(38-34)24-14-6-8-16-27(24)41-36)40-26-15-7-5-13-23(26)28-21-11-3-4-12-22(21)29-25-18-17-19-9-1-2-10-20(19)32(25)42-33(29)31(28)40;1-17(2)18(3,4)21-19(20-17)16-12-10-15(11-13-16)14-8-6-5-7-9-14/h1-27H;1-18H;5-13H,1-4H3/i1D,2D,3D,12D,13D;;5D,6D,7D,8D,9D. The fraction of sp³-hybridized carbons (Fsp3) is 0.0588. The molecule has 0 saturated carbocycles. The van der Waals surface area contributed by atoms with Crippen LogP contribution in [-0.2, 0) is 9.31 Å². The molecule has 1 aliphatic rings. The summed E-state index contributed by atoms with van der Waals surface area (Å²) in [5.41, 5.74) is 12.8. The van der Waals surface area contributed by atoms with Gasteiger partial charge in [-0.05, 0) is 136 Å². The van der Waals surface area contributed by atoms with Gasteiger partial charge < -0.3 is 27.0 Å². The topological polar surface area (TPSA) is 132 Å². The summed E-state index contributed by atoms with van der Waals surface area (Å²) in [6.45, 7) is 7.92. The van der Waals surface area contributed by atoms with Crippen molar-refractivity contribution in [1.29, 1.82) is 0 Å². The predicted molar refractivity (Wildman–Crippen MR) is 475 cm³/mol. The molecule has 0 atom stereocenters. The number of aromatic nitrogens is 6. The first-order chi connectivity index (χ1) is 61.1. The predicted octanol–water partition coefficient (Wildman–Crippen LogP) is 27.0. The zero-order valence-electron chi connectivity index (χ0n) is 72.5. The highest BCUT2D eigenvalue weighted by molar-refractivity contribution is 6.62. The van der Waals surface area contributed by atoms with Gasteiger partial charge in [0.05, 0.1) is 47.0 Å². The summed E-state index contributed by atoms with van der Waals surface area (Å²) in [7, 11) is -0.505. The molecular weight excluding hydrogens is 1450 g/mol. The highest BCUT2D eigenvalue weighted by atomic mass is 35.5. The maximum absolute atomic E-state index is 8.61. The van der Waals surface area contributed by atoms with Gasteiger partial charge in [-0.1, -0.05) is 290 Å². The van der Waals surface area contributed by atoms with Crippen molar-refractivity contribution in [3.63, 3.8) is 0 Å². The molecule has 116 heavy (non-hydrogen) atoms. The Morgan fingerprint density at radius 2 is 0.698 bits per heavy atom. The van der Waals surface area contributed by atoms with Crippen LogP contribution in [0.1, 0.15) is 41.4 Å². The molecule has 24 aromatic rings. The molecule has 0 N–H and O–H groups in total. The number of para-hydroxylation sites is 4. The Morgan fingerprint density at radius 3 is 1.18 bits per heavy atom. The molecule has 0 spiro atoms. The van der Waals surface area contributed by atoms with Gasteiger partial charge in [0.15, 0.2) is 28.0 Å². The van der Waals surface area contributed by atoms with Crippen LogP contribution in [-0.4, -0.2) is 47.4 Å². The van der Waals surface area contributed by atoms with E-state index in [-0.39, 0.29) is 59.5 Å². The Balaban J connectivity index is 0.000000117. The molecule has 0 amide bonds. The van der Waals surface area contributed by atoms with E-state index in [2.05, 4.69) is 149 Å². The van der Waals surface area contributed by atoms with E-state index in [9.17, 15) is 0 Å². The van der Waals surface area contributed by atoms with Crippen LogP contribution in [0.15, 0.2) is 345 Å². The van der Waals surface area contributed by atoms with Crippen LogP contribution in [0.2, 0.25) is 5.15 Å². The molecule has 25 rings (SSSR count). The molecule has 9 heterocycles.